The van der Waals surface area contributed by atoms with Crippen molar-refractivity contribution in [1.82, 2.24) is 19.4 Å². The van der Waals surface area contributed by atoms with Gasteiger partial charge in [-0.1, -0.05) is 0 Å². The number of benzene rings is 1. The van der Waals surface area contributed by atoms with E-state index < -0.39 is 0 Å². The molecule has 0 saturated heterocycles. The van der Waals surface area contributed by atoms with Gasteiger partial charge in [0.1, 0.15) is 28.8 Å². The van der Waals surface area contributed by atoms with E-state index in [9.17, 15) is 9.18 Å². The van der Waals surface area contributed by atoms with Gasteiger partial charge in [0.2, 0.25) is 0 Å². The molecule has 1 N–H and O–H groups in total. The van der Waals surface area contributed by atoms with Crippen LogP contribution in [0, 0.1) is 12.7 Å². The number of imidazole rings is 1. The number of amides is 1. The number of rotatable bonds is 3. The third kappa shape index (κ3) is 2.87. The Morgan fingerprint density at radius 1 is 1.20 bits per heavy atom. The van der Waals surface area contributed by atoms with Crippen molar-refractivity contribution in [3.05, 3.63) is 65.4 Å². The Hall–Kier alpha value is -3.13. The molecule has 0 fully saturated rings. The highest BCUT2D eigenvalue weighted by molar-refractivity contribution is 7.15. The Kier molecular flexibility index (Phi) is 3.73. The molecule has 0 aliphatic heterocycles. The molecule has 6 nitrogen and oxygen atoms in total. The third-order valence-electron chi connectivity index (χ3n) is 3.62. The Morgan fingerprint density at radius 3 is 2.76 bits per heavy atom. The van der Waals surface area contributed by atoms with Crippen LogP contribution in [0.5, 0.6) is 0 Å². The second-order valence-corrected chi connectivity index (χ2v) is 6.19. The van der Waals surface area contributed by atoms with E-state index in [2.05, 4.69) is 20.3 Å². The summed E-state index contributed by atoms with van der Waals surface area (Å²) in [5, 5.41) is 4.74. The highest BCUT2D eigenvalue weighted by atomic mass is 32.1. The number of aromatic nitrogens is 4. The van der Waals surface area contributed by atoms with Crippen LogP contribution in [-0.4, -0.2) is 25.3 Å². The topological polar surface area (TPSA) is 72.2 Å². The Bertz CT molecular complexity index is 1070. The van der Waals surface area contributed by atoms with Gasteiger partial charge in [0.15, 0.2) is 4.96 Å². The van der Waals surface area contributed by atoms with Gasteiger partial charge in [0.25, 0.3) is 5.91 Å². The summed E-state index contributed by atoms with van der Waals surface area (Å²) in [5.74, 6) is 0.346. The van der Waals surface area contributed by atoms with E-state index in [0.717, 1.165) is 4.96 Å². The van der Waals surface area contributed by atoms with Crippen LogP contribution in [0.25, 0.3) is 16.2 Å². The van der Waals surface area contributed by atoms with Crippen molar-refractivity contribution in [2.75, 3.05) is 5.32 Å². The first-order valence-electron chi connectivity index (χ1n) is 7.44. The van der Waals surface area contributed by atoms with Gasteiger partial charge in [0.05, 0.1) is 0 Å². The lowest BCUT2D eigenvalue weighted by atomic mass is 10.1. The van der Waals surface area contributed by atoms with Gasteiger partial charge in [0, 0.05) is 23.3 Å². The fourth-order valence-corrected chi connectivity index (χ4v) is 3.18. The Morgan fingerprint density at radius 2 is 2.00 bits per heavy atom. The SMILES string of the molecule is Cc1nccc(C(=O)Nc2c(-c3ccc(F)cc3)nc3sccn23)n1. The number of carbonyl (C=O) groups excluding carboxylic acids is 1. The van der Waals surface area contributed by atoms with E-state index in [0.29, 0.717) is 22.9 Å². The molecule has 1 aromatic carbocycles. The first-order valence-corrected chi connectivity index (χ1v) is 8.32. The molecular weight excluding hydrogens is 341 g/mol. The molecule has 25 heavy (non-hydrogen) atoms. The van der Waals surface area contributed by atoms with Crippen LogP contribution in [-0.2, 0) is 0 Å². The maximum Gasteiger partial charge on any atom is 0.275 e. The Labute approximate surface area is 146 Å². The molecule has 4 rings (SSSR count). The first kappa shape index (κ1) is 15.4. The fraction of sp³-hybridized carbons (Fsp3) is 0.0588. The number of fused-ring (bicyclic) bond motifs is 1. The minimum Gasteiger partial charge on any atom is -0.304 e. The van der Waals surface area contributed by atoms with Gasteiger partial charge in [-0.3, -0.25) is 9.20 Å². The molecule has 1 amide bonds. The van der Waals surface area contributed by atoms with Crippen molar-refractivity contribution in [3.63, 3.8) is 0 Å². The fourth-order valence-electron chi connectivity index (χ4n) is 2.47. The van der Waals surface area contributed by atoms with Crippen LogP contribution < -0.4 is 5.32 Å². The lowest BCUT2D eigenvalue weighted by Crippen LogP contribution is -2.16. The van der Waals surface area contributed by atoms with Crippen molar-refractivity contribution < 1.29 is 9.18 Å². The zero-order valence-electron chi connectivity index (χ0n) is 13.1. The van der Waals surface area contributed by atoms with E-state index in [-0.39, 0.29) is 17.4 Å². The predicted octanol–water partition coefficient (Wildman–Crippen LogP) is 3.55. The van der Waals surface area contributed by atoms with Crippen molar-refractivity contribution in [2.24, 2.45) is 0 Å². The van der Waals surface area contributed by atoms with E-state index in [1.807, 2.05) is 11.6 Å². The van der Waals surface area contributed by atoms with Crippen LogP contribution in [0.2, 0.25) is 0 Å². The molecule has 8 heteroatoms. The standard InChI is InChI=1S/C17H12FN5OS/c1-10-19-7-6-13(20-10)16(24)22-15-14(11-2-4-12(18)5-3-11)21-17-23(15)8-9-25-17/h2-9H,1H3,(H,22,24). The summed E-state index contributed by atoms with van der Waals surface area (Å²) in [5.41, 5.74) is 1.56. The average molecular weight is 353 g/mol. The lowest BCUT2D eigenvalue weighted by Gasteiger charge is -2.07. The highest BCUT2D eigenvalue weighted by Crippen LogP contribution is 2.31. The molecule has 0 aliphatic rings. The number of hydrogen-bond donors (Lipinski definition) is 1. The quantitative estimate of drug-likeness (QED) is 0.611. The molecule has 0 saturated carbocycles. The van der Waals surface area contributed by atoms with Crippen LogP contribution in [0.4, 0.5) is 10.2 Å². The van der Waals surface area contributed by atoms with Gasteiger partial charge in [-0.05, 0) is 37.3 Å². The van der Waals surface area contributed by atoms with E-state index in [1.165, 1.54) is 29.7 Å². The average Bonchev–Trinajstić information content (AvgIpc) is 3.18. The molecule has 0 spiro atoms. The number of anilines is 1. The normalized spacial score (nSPS) is 11.0. The lowest BCUT2D eigenvalue weighted by molar-refractivity contribution is 0.102. The molecule has 0 unspecified atom stereocenters. The van der Waals surface area contributed by atoms with Crippen molar-refractivity contribution in [2.45, 2.75) is 6.92 Å². The van der Waals surface area contributed by atoms with E-state index in [4.69, 9.17) is 0 Å². The largest absolute Gasteiger partial charge is 0.304 e. The van der Waals surface area contributed by atoms with Gasteiger partial charge in [-0.25, -0.2) is 19.3 Å². The summed E-state index contributed by atoms with van der Waals surface area (Å²) in [4.78, 5) is 26.0. The number of thiazole rings is 1. The van der Waals surface area contributed by atoms with Crippen LogP contribution >= 0.6 is 11.3 Å². The summed E-state index contributed by atoms with van der Waals surface area (Å²) >= 11 is 1.45. The molecule has 0 aliphatic carbocycles. The first-order chi connectivity index (χ1) is 12.1. The molecule has 3 heterocycles. The zero-order chi connectivity index (χ0) is 17.4. The molecule has 0 atom stereocenters. The monoisotopic (exact) mass is 353 g/mol. The zero-order valence-corrected chi connectivity index (χ0v) is 13.9. The van der Waals surface area contributed by atoms with Crippen molar-refractivity contribution in [1.29, 1.82) is 0 Å². The number of nitrogens with one attached hydrogen (secondary N) is 1. The highest BCUT2D eigenvalue weighted by Gasteiger charge is 2.18. The third-order valence-corrected chi connectivity index (χ3v) is 4.38. The van der Waals surface area contributed by atoms with E-state index in [1.54, 1.807) is 29.5 Å². The van der Waals surface area contributed by atoms with Crippen LogP contribution in [0.3, 0.4) is 0 Å². The number of nitrogens with zero attached hydrogens (tertiary/aromatic N) is 4. The maximum absolute atomic E-state index is 13.2. The predicted molar refractivity (Wildman–Crippen MR) is 93.2 cm³/mol. The summed E-state index contributed by atoms with van der Waals surface area (Å²) in [6.45, 7) is 1.72. The number of aryl methyl sites for hydroxylation is 1. The van der Waals surface area contributed by atoms with Gasteiger partial charge in [-0.2, -0.15) is 0 Å². The number of hydrogen-bond acceptors (Lipinski definition) is 5. The van der Waals surface area contributed by atoms with Crippen LogP contribution in [0.1, 0.15) is 16.3 Å². The summed E-state index contributed by atoms with van der Waals surface area (Å²) in [7, 11) is 0. The molecule has 0 bridgehead atoms. The molecule has 124 valence electrons. The van der Waals surface area contributed by atoms with Gasteiger partial charge in [-0.15, -0.1) is 11.3 Å². The number of halogens is 1. The summed E-state index contributed by atoms with van der Waals surface area (Å²) in [6, 6.07) is 7.54. The Balaban J connectivity index is 1.77. The minimum atomic E-state index is -0.359. The summed E-state index contributed by atoms with van der Waals surface area (Å²) in [6.07, 6.45) is 3.36. The smallest absolute Gasteiger partial charge is 0.275 e. The molecular formula is C17H12FN5OS. The van der Waals surface area contributed by atoms with Crippen LogP contribution in [0.15, 0.2) is 48.1 Å². The maximum atomic E-state index is 13.2. The minimum absolute atomic E-state index is 0.266. The van der Waals surface area contributed by atoms with Crippen molar-refractivity contribution in [3.8, 4) is 11.3 Å². The number of carbonyl (C=O) groups is 1. The van der Waals surface area contributed by atoms with Gasteiger partial charge >= 0.3 is 0 Å². The summed E-state index contributed by atoms with van der Waals surface area (Å²) < 4.78 is 15.0. The van der Waals surface area contributed by atoms with E-state index >= 15 is 0 Å². The molecule has 3 aromatic heterocycles. The second-order valence-electron chi connectivity index (χ2n) is 5.31. The molecule has 4 aromatic rings. The van der Waals surface area contributed by atoms with Gasteiger partial charge < -0.3 is 5.32 Å². The van der Waals surface area contributed by atoms with Crippen molar-refractivity contribution >= 4 is 28.0 Å². The molecule has 0 radical (unpaired) electrons. The second kappa shape index (κ2) is 6.06.